The Bertz CT molecular complexity index is 988. The summed E-state index contributed by atoms with van der Waals surface area (Å²) in [6.07, 6.45) is 2.02. The highest BCUT2D eigenvalue weighted by atomic mass is 19.1. The molecule has 170 valence electrons. The first-order chi connectivity index (χ1) is 15.4. The fourth-order valence-corrected chi connectivity index (χ4v) is 4.33. The zero-order valence-electron chi connectivity index (χ0n) is 18.6. The van der Waals surface area contributed by atoms with Gasteiger partial charge in [0.15, 0.2) is 0 Å². The molecular formula is C25H30FN3O3. The van der Waals surface area contributed by atoms with E-state index in [1.165, 1.54) is 12.1 Å². The molecule has 1 fully saturated rings. The van der Waals surface area contributed by atoms with Gasteiger partial charge < -0.3 is 15.0 Å². The molecular weight excluding hydrogens is 409 g/mol. The van der Waals surface area contributed by atoms with Gasteiger partial charge in [-0.05, 0) is 61.6 Å². The number of halogens is 1. The van der Waals surface area contributed by atoms with Gasteiger partial charge in [0.25, 0.3) is 0 Å². The summed E-state index contributed by atoms with van der Waals surface area (Å²) in [5.74, 6) is 0.248. The molecule has 0 unspecified atom stereocenters. The molecule has 0 aliphatic carbocycles. The number of urea groups is 1. The van der Waals surface area contributed by atoms with Crippen LogP contribution in [0.3, 0.4) is 0 Å². The van der Waals surface area contributed by atoms with Gasteiger partial charge in [0, 0.05) is 25.6 Å². The molecule has 6 nitrogen and oxygen atoms in total. The number of benzene rings is 2. The van der Waals surface area contributed by atoms with Crippen molar-refractivity contribution in [3.8, 4) is 5.75 Å². The Morgan fingerprint density at radius 1 is 1.16 bits per heavy atom. The molecule has 0 bridgehead atoms. The summed E-state index contributed by atoms with van der Waals surface area (Å²) in [7, 11) is 0. The van der Waals surface area contributed by atoms with Gasteiger partial charge in [-0.15, -0.1) is 0 Å². The molecule has 0 aromatic heterocycles. The van der Waals surface area contributed by atoms with Gasteiger partial charge in [-0.3, -0.25) is 9.69 Å². The van der Waals surface area contributed by atoms with Crippen LogP contribution in [0.2, 0.25) is 0 Å². The molecule has 0 saturated carbocycles. The third-order valence-electron chi connectivity index (χ3n) is 6.26. The molecule has 32 heavy (non-hydrogen) atoms. The fraction of sp³-hybridized carbons (Fsp3) is 0.440. The largest absolute Gasteiger partial charge is 0.486 e. The van der Waals surface area contributed by atoms with Gasteiger partial charge in [-0.1, -0.05) is 25.1 Å². The van der Waals surface area contributed by atoms with E-state index in [2.05, 4.69) is 12.2 Å². The Morgan fingerprint density at radius 2 is 1.94 bits per heavy atom. The number of nitrogens with one attached hydrogen (secondary N) is 1. The van der Waals surface area contributed by atoms with Gasteiger partial charge in [0.05, 0.1) is 12.2 Å². The van der Waals surface area contributed by atoms with Crippen LogP contribution in [-0.2, 0) is 11.3 Å². The Balaban J connectivity index is 1.35. The van der Waals surface area contributed by atoms with E-state index in [-0.39, 0.29) is 29.8 Å². The second kappa shape index (κ2) is 9.59. The molecule has 1 saturated heterocycles. The zero-order chi connectivity index (χ0) is 22.7. The van der Waals surface area contributed by atoms with Crippen LogP contribution in [0.1, 0.15) is 37.3 Å². The van der Waals surface area contributed by atoms with E-state index in [1.54, 1.807) is 12.1 Å². The third kappa shape index (κ3) is 4.87. The number of rotatable bonds is 4. The number of ether oxygens (including phenoxy) is 1. The zero-order valence-corrected chi connectivity index (χ0v) is 18.6. The van der Waals surface area contributed by atoms with Crippen molar-refractivity contribution < 1.29 is 18.7 Å². The summed E-state index contributed by atoms with van der Waals surface area (Å²) >= 11 is 0. The molecule has 3 amide bonds. The van der Waals surface area contributed by atoms with E-state index in [0.29, 0.717) is 39.0 Å². The normalized spacial score (nSPS) is 18.7. The summed E-state index contributed by atoms with van der Waals surface area (Å²) in [5.41, 5.74) is 2.63. The van der Waals surface area contributed by atoms with E-state index in [0.717, 1.165) is 29.0 Å². The maximum atomic E-state index is 13.4. The molecule has 0 spiro atoms. The van der Waals surface area contributed by atoms with Crippen molar-refractivity contribution in [2.45, 2.75) is 45.8 Å². The van der Waals surface area contributed by atoms with Crippen LogP contribution >= 0.6 is 0 Å². The molecule has 1 N–H and O–H groups in total. The minimum atomic E-state index is -0.311. The number of carbonyl (C=O) groups is 2. The number of fused-ring (bicyclic) bond motifs is 1. The fourth-order valence-electron chi connectivity index (χ4n) is 4.33. The summed E-state index contributed by atoms with van der Waals surface area (Å²) in [6, 6.07) is 12.1. The molecule has 2 aromatic carbocycles. The lowest BCUT2D eigenvalue weighted by Crippen LogP contribution is -2.52. The predicted octanol–water partition coefficient (Wildman–Crippen LogP) is 4.26. The molecule has 2 aliphatic heterocycles. The van der Waals surface area contributed by atoms with Crippen molar-refractivity contribution >= 4 is 17.6 Å². The summed E-state index contributed by atoms with van der Waals surface area (Å²) in [6.45, 7) is 5.96. The lowest BCUT2D eigenvalue weighted by Gasteiger charge is -2.39. The van der Waals surface area contributed by atoms with Crippen molar-refractivity contribution in [2.75, 3.05) is 24.5 Å². The highest BCUT2D eigenvalue weighted by Gasteiger charge is 2.34. The number of anilines is 1. The van der Waals surface area contributed by atoms with Crippen molar-refractivity contribution in [3.05, 3.63) is 59.4 Å². The van der Waals surface area contributed by atoms with Crippen LogP contribution in [0.15, 0.2) is 42.5 Å². The monoisotopic (exact) mass is 439 g/mol. The molecule has 1 atom stereocenters. The highest BCUT2D eigenvalue weighted by Crippen LogP contribution is 2.36. The van der Waals surface area contributed by atoms with Gasteiger partial charge in [0.2, 0.25) is 5.91 Å². The van der Waals surface area contributed by atoms with Crippen molar-refractivity contribution in [1.82, 2.24) is 10.2 Å². The van der Waals surface area contributed by atoms with Gasteiger partial charge in [0.1, 0.15) is 17.7 Å². The van der Waals surface area contributed by atoms with Gasteiger partial charge in [-0.25, -0.2) is 9.18 Å². The number of nitrogens with zero attached hydrogens (tertiary/aromatic N) is 2. The Hall–Kier alpha value is -3.09. The SMILES string of the molecule is CC[C@H]1CN(C(=O)N2CCC(C(=O)NCc3cccc(F)c3)CC2)c2cc(C)ccc2O1. The molecule has 2 aromatic rings. The number of likely N-dealkylation sites (tertiary alicyclic amines) is 1. The van der Waals surface area contributed by atoms with Gasteiger partial charge in [-0.2, -0.15) is 0 Å². The molecule has 0 radical (unpaired) electrons. The number of aryl methyl sites for hydroxylation is 1. The predicted molar refractivity (Wildman–Crippen MR) is 121 cm³/mol. The van der Waals surface area contributed by atoms with Crippen LogP contribution in [0.5, 0.6) is 5.75 Å². The number of piperidine rings is 1. The summed E-state index contributed by atoms with van der Waals surface area (Å²) in [5, 5.41) is 2.90. The van der Waals surface area contributed by atoms with Crippen molar-refractivity contribution in [3.63, 3.8) is 0 Å². The summed E-state index contributed by atoms with van der Waals surface area (Å²) < 4.78 is 19.4. The van der Waals surface area contributed by atoms with Crippen LogP contribution < -0.4 is 15.0 Å². The molecule has 2 heterocycles. The number of amides is 3. The van der Waals surface area contributed by atoms with E-state index in [1.807, 2.05) is 34.9 Å². The Morgan fingerprint density at radius 3 is 2.66 bits per heavy atom. The quantitative estimate of drug-likeness (QED) is 0.774. The van der Waals surface area contributed by atoms with E-state index >= 15 is 0 Å². The Kier molecular flexibility index (Phi) is 6.63. The second-order valence-electron chi connectivity index (χ2n) is 8.62. The standard InChI is InChI=1S/C25H30FN3O3/c1-3-21-16-29(22-13-17(2)7-8-23(22)32-21)25(31)28-11-9-19(10-12-28)24(30)27-15-18-5-4-6-20(26)14-18/h4-8,13-14,19,21H,3,9-12,15-16H2,1-2H3,(H,27,30)/t21-/m0/s1. The lowest BCUT2D eigenvalue weighted by atomic mass is 9.96. The van der Waals surface area contributed by atoms with Crippen LogP contribution in [0.4, 0.5) is 14.9 Å². The van der Waals surface area contributed by atoms with Crippen LogP contribution in [0.25, 0.3) is 0 Å². The van der Waals surface area contributed by atoms with Crippen LogP contribution in [0, 0.1) is 18.7 Å². The maximum absolute atomic E-state index is 13.4. The average molecular weight is 440 g/mol. The number of hydrogen-bond donors (Lipinski definition) is 1. The molecule has 2 aliphatic rings. The summed E-state index contributed by atoms with van der Waals surface area (Å²) in [4.78, 5) is 29.6. The van der Waals surface area contributed by atoms with Gasteiger partial charge >= 0.3 is 6.03 Å². The smallest absolute Gasteiger partial charge is 0.324 e. The topological polar surface area (TPSA) is 61.9 Å². The molecule has 4 rings (SSSR count). The van der Waals surface area contributed by atoms with Crippen molar-refractivity contribution in [2.24, 2.45) is 5.92 Å². The number of carbonyl (C=O) groups excluding carboxylic acids is 2. The van der Waals surface area contributed by atoms with E-state index in [4.69, 9.17) is 4.74 Å². The first-order valence-corrected chi connectivity index (χ1v) is 11.3. The molecule has 7 heteroatoms. The van der Waals surface area contributed by atoms with E-state index < -0.39 is 0 Å². The highest BCUT2D eigenvalue weighted by molar-refractivity contribution is 5.94. The first kappa shape index (κ1) is 22.1. The van der Waals surface area contributed by atoms with Crippen LogP contribution in [-0.4, -0.2) is 42.6 Å². The first-order valence-electron chi connectivity index (χ1n) is 11.3. The minimum absolute atomic E-state index is 0.0275. The Labute approximate surface area is 188 Å². The third-order valence-corrected chi connectivity index (χ3v) is 6.26. The lowest BCUT2D eigenvalue weighted by molar-refractivity contribution is -0.126. The minimum Gasteiger partial charge on any atom is -0.486 e. The second-order valence-corrected chi connectivity index (χ2v) is 8.62. The van der Waals surface area contributed by atoms with E-state index in [9.17, 15) is 14.0 Å². The maximum Gasteiger partial charge on any atom is 0.324 e. The van der Waals surface area contributed by atoms with Crippen molar-refractivity contribution in [1.29, 1.82) is 0 Å². The number of hydrogen-bond acceptors (Lipinski definition) is 3. The average Bonchev–Trinajstić information content (AvgIpc) is 2.81.